The number of likely N-dealkylation sites (N-methyl/N-ethyl adjacent to an activating group) is 1. The fourth-order valence-corrected chi connectivity index (χ4v) is 1.85. The van der Waals surface area contributed by atoms with Gasteiger partial charge in [0.05, 0.1) is 12.2 Å². The first-order valence-corrected chi connectivity index (χ1v) is 6.11. The molecule has 0 saturated heterocycles. The third-order valence-corrected chi connectivity index (χ3v) is 2.88. The molecule has 2 N–H and O–H groups in total. The topological polar surface area (TPSA) is 47.1 Å². The van der Waals surface area contributed by atoms with Gasteiger partial charge in [-0.05, 0) is 27.1 Å². The maximum atomic E-state index is 5.98. The van der Waals surface area contributed by atoms with Gasteiger partial charge in [-0.25, -0.2) is 4.68 Å². The third kappa shape index (κ3) is 2.90. The van der Waals surface area contributed by atoms with Gasteiger partial charge in [-0.3, -0.25) is 0 Å². The van der Waals surface area contributed by atoms with Crippen LogP contribution in [-0.4, -0.2) is 35.3 Å². The Labute approximate surface area is 108 Å². The van der Waals surface area contributed by atoms with E-state index >= 15 is 0 Å². The molecule has 4 heteroatoms. The number of hydrogen-bond donors (Lipinski definition) is 1. The minimum Gasteiger partial charge on any atom is -0.384 e. The van der Waals surface area contributed by atoms with Gasteiger partial charge in [0, 0.05) is 18.2 Å². The summed E-state index contributed by atoms with van der Waals surface area (Å²) in [5.41, 5.74) is 9.27. The molecule has 0 unspecified atom stereocenters. The highest BCUT2D eigenvalue weighted by atomic mass is 15.3. The first kappa shape index (κ1) is 12.6. The van der Waals surface area contributed by atoms with E-state index in [4.69, 9.17) is 5.73 Å². The molecular weight excluding hydrogens is 224 g/mol. The average molecular weight is 244 g/mol. The standard InChI is InChI=1S/C14H20N4/c1-11-5-4-6-12(9-11)13-10-14(15)18(16-13)8-7-17(2)3/h4-6,9-10H,7-8,15H2,1-3H3. The molecule has 0 fully saturated rings. The molecule has 0 spiro atoms. The number of hydrogen-bond acceptors (Lipinski definition) is 3. The van der Waals surface area contributed by atoms with Crippen LogP contribution < -0.4 is 5.73 Å². The molecule has 0 saturated carbocycles. The van der Waals surface area contributed by atoms with E-state index in [-0.39, 0.29) is 0 Å². The first-order valence-electron chi connectivity index (χ1n) is 6.11. The molecule has 4 nitrogen and oxygen atoms in total. The molecule has 2 aromatic rings. The Morgan fingerprint density at radius 1 is 1.28 bits per heavy atom. The van der Waals surface area contributed by atoms with Crippen molar-refractivity contribution in [2.75, 3.05) is 26.4 Å². The van der Waals surface area contributed by atoms with Crippen LogP contribution in [0.5, 0.6) is 0 Å². The molecule has 0 amide bonds. The summed E-state index contributed by atoms with van der Waals surface area (Å²) in [6.07, 6.45) is 0. The minimum atomic E-state index is 0.716. The summed E-state index contributed by atoms with van der Waals surface area (Å²) in [4.78, 5) is 2.12. The van der Waals surface area contributed by atoms with Gasteiger partial charge in [-0.1, -0.05) is 23.8 Å². The number of benzene rings is 1. The lowest BCUT2D eigenvalue weighted by molar-refractivity contribution is 0.375. The molecule has 1 aromatic heterocycles. The van der Waals surface area contributed by atoms with Crippen LogP contribution in [-0.2, 0) is 6.54 Å². The van der Waals surface area contributed by atoms with Gasteiger partial charge in [0.25, 0.3) is 0 Å². The van der Waals surface area contributed by atoms with Crippen LogP contribution in [0.15, 0.2) is 30.3 Å². The van der Waals surface area contributed by atoms with Crippen LogP contribution in [0.25, 0.3) is 11.3 Å². The van der Waals surface area contributed by atoms with Gasteiger partial charge in [-0.2, -0.15) is 5.10 Å². The molecule has 0 aliphatic carbocycles. The van der Waals surface area contributed by atoms with Crippen molar-refractivity contribution in [1.29, 1.82) is 0 Å². The van der Waals surface area contributed by atoms with Crippen molar-refractivity contribution >= 4 is 5.82 Å². The van der Waals surface area contributed by atoms with Crippen LogP contribution in [0.4, 0.5) is 5.82 Å². The van der Waals surface area contributed by atoms with Gasteiger partial charge in [0.1, 0.15) is 5.82 Å². The number of aromatic nitrogens is 2. The predicted octanol–water partition coefficient (Wildman–Crippen LogP) is 2.00. The Morgan fingerprint density at radius 3 is 2.72 bits per heavy atom. The van der Waals surface area contributed by atoms with Crippen LogP contribution in [0.3, 0.4) is 0 Å². The molecule has 0 aliphatic heterocycles. The van der Waals surface area contributed by atoms with E-state index in [9.17, 15) is 0 Å². The van der Waals surface area contributed by atoms with Gasteiger partial charge in [0.15, 0.2) is 0 Å². The Bertz CT molecular complexity index is 528. The SMILES string of the molecule is Cc1cccc(-c2cc(N)n(CCN(C)C)n2)c1. The lowest BCUT2D eigenvalue weighted by Gasteiger charge is -2.09. The van der Waals surface area contributed by atoms with Crippen molar-refractivity contribution < 1.29 is 0 Å². The summed E-state index contributed by atoms with van der Waals surface area (Å²) in [5, 5.41) is 4.56. The molecule has 0 radical (unpaired) electrons. The number of anilines is 1. The van der Waals surface area contributed by atoms with Gasteiger partial charge in [-0.15, -0.1) is 0 Å². The average Bonchev–Trinajstić information content (AvgIpc) is 2.68. The molecule has 1 heterocycles. The molecule has 0 atom stereocenters. The molecule has 18 heavy (non-hydrogen) atoms. The predicted molar refractivity (Wildman–Crippen MR) is 75.4 cm³/mol. The summed E-state index contributed by atoms with van der Waals surface area (Å²) in [6.45, 7) is 3.82. The first-order chi connectivity index (χ1) is 8.56. The second-order valence-electron chi connectivity index (χ2n) is 4.85. The summed E-state index contributed by atoms with van der Waals surface area (Å²) in [7, 11) is 4.09. The van der Waals surface area contributed by atoms with E-state index < -0.39 is 0 Å². The Hall–Kier alpha value is -1.81. The number of rotatable bonds is 4. The van der Waals surface area contributed by atoms with Crippen molar-refractivity contribution in [2.45, 2.75) is 13.5 Å². The Kier molecular flexibility index (Phi) is 3.67. The van der Waals surface area contributed by atoms with E-state index in [1.54, 1.807) is 0 Å². The zero-order valence-corrected chi connectivity index (χ0v) is 11.2. The summed E-state index contributed by atoms with van der Waals surface area (Å²) in [5.74, 6) is 0.716. The van der Waals surface area contributed by atoms with E-state index in [1.807, 2.05) is 30.9 Å². The summed E-state index contributed by atoms with van der Waals surface area (Å²) >= 11 is 0. The normalized spacial score (nSPS) is 11.1. The van der Waals surface area contributed by atoms with Gasteiger partial charge >= 0.3 is 0 Å². The monoisotopic (exact) mass is 244 g/mol. The molecule has 0 aliphatic rings. The van der Waals surface area contributed by atoms with Crippen LogP contribution in [0, 0.1) is 6.92 Å². The summed E-state index contributed by atoms with van der Waals surface area (Å²) < 4.78 is 1.86. The van der Waals surface area contributed by atoms with Crippen molar-refractivity contribution in [3.05, 3.63) is 35.9 Å². The molecular formula is C14H20N4. The zero-order chi connectivity index (χ0) is 13.1. The van der Waals surface area contributed by atoms with E-state index in [0.717, 1.165) is 24.3 Å². The van der Waals surface area contributed by atoms with Crippen LogP contribution in [0.1, 0.15) is 5.56 Å². The highest BCUT2D eigenvalue weighted by molar-refractivity contribution is 5.62. The smallest absolute Gasteiger partial charge is 0.122 e. The Morgan fingerprint density at radius 2 is 2.06 bits per heavy atom. The van der Waals surface area contributed by atoms with Crippen molar-refractivity contribution in [2.24, 2.45) is 0 Å². The number of aryl methyl sites for hydroxylation is 1. The molecule has 0 bridgehead atoms. The van der Waals surface area contributed by atoms with Gasteiger partial charge in [0.2, 0.25) is 0 Å². The summed E-state index contributed by atoms with van der Waals surface area (Å²) in [6, 6.07) is 10.2. The lowest BCUT2D eigenvalue weighted by atomic mass is 10.1. The fraction of sp³-hybridized carbons (Fsp3) is 0.357. The van der Waals surface area contributed by atoms with Crippen molar-refractivity contribution in [3.8, 4) is 11.3 Å². The maximum absolute atomic E-state index is 5.98. The minimum absolute atomic E-state index is 0.716. The number of nitrogen functional groups attached to an aromatic ring is 1. The number of nitrogens with zero attached hydrogens (tertiary/aromatic N) is 3. The highest BCUT2D eigenvalue weighted by Gasteiger charge is 2.07. The second-order valence-corrected chi connectivity index (χ2v) is 4.85. The number of nitrogens with two attached hydrogens (primary N) is 1. The molecule has 96 valence electrons. The zero-order valence-electron chi connectivity index (χ0n) is 11.2. The Balaban J connectivity index is 2.23. The van der Waals surface area contributed by atoms with Gasteiger partial charge < -0.3 is 10.6 Å². The van der Waals surface area contributed by atoms with Crippen molar-refractivity contribution in [1.82, 2.24) is 14.7 Å². The third-order valence-electron chi connectivity index (χ3n) is 2.88. The van der Waals surface area contributed by atoms with Crippen LogP contribution in [0.2, 0.25) is 0 Å². The second kappa shape index (κ2) is 5.23. The lowest BCUT2D eigenvalue weighted by Crippen LogP contribution is -2.19. The van der Waals surface area contributed by atoms with Crippen molar-refractivity contribution in [3.63, 3.8) is 0 Å². The highest BCUT2D eigenvalue weighted by Crippen LogP contribution is 2.21. The maximum Gasteiger partial charge on any atom is 0.122 e. The molecule has 1 aromatic carbocycles. The van der Waals surface area contributed by atoms with E-state index in [0.29, 0.717) is 5.82 Å². The van der Waals surface area contributed by atoms with E-state index in [2.05, 4.69) is 35.1 Å². The largest absolute Gasteiger partial charge is 0.384 e. The fourth-order valence-electron chi connectivity index (χ4n) is 1.85. The quantitative estimate of drug-likeness (QED) is 0.895. The van der Waals surface area contributed by atoms with E-state index in [1.165, 1.54) is 5.56 Å². The molecule has 2 rings (SSSR count). The van der Waals surface area contributed by atoms with Crippen LogP contribution >= 0.6 is 0 Å².